The maximum atomic E-state index is 12.2. The summed E-state index contributed by atoms with van der Waals surface area (Å²) in [6.07, 6.45) is 0.651. The van der Waals surface area contributed by atoms with Gasteiger partial charge in [-0.3, -0.25) is 4.79 Å². The zero-order valence-corrected chi connectivity index (χ0v) is 13.8. The van der Waals surface area contributed by atoms with Crippen molar-refractivity contribution in [2.45, 2.75) is 47.1 Å². The fraction of sp³-hybridized carbons (Fsp3) is 0.533. The Balaban J connectivity index is 2.51. The number of aryl methyl sites for hydroxylation is 1. The molecule has 0 bridgehead atoms. The molecule has 114 valence electrons. The maximum absolute atomic E-state index is 12.2. The van der Waals surface area contributed by atoms with E-state index in [-0.39, 0.29) is 17.5 Å². The number of ether oxygens (including phenoxy) is 1. The Morgan fingerprint density at radius 1 is 1.33 bits per heavy atom. The summed E-state index contributed by atoms with van der Waals surface area (Å²) in [6, 6.07) is 0. The van der Waals surface area contributed by atoms with Gasteiger partial charge < -0.3 is 9.72 Å². The summed E-state index contributed by atoms with van der Waals surface area (Å²) in [4.78, 5) is 32.6. The number of hydrogen-bond donors (Lipinski definition) is 1. The Morgan fingerprint density at radius 3 is 2.57 bits per heavy atom. The first-order chi connectivity index (χ1) is 9.79. The molecule has 2 rings (SSSR count). The molecule has 2 heterocycles. The number of fused-ring (bicyclic) bond motifs is 1. The van der Waals surface area contributed by atoms with Crippen molar-refractivity contribution in [3.8, 4) is 0 Å². The molecule has 21 heavy (non-hydrogen) atoms. The molecule has 2 aromatic heterocycles. The second-order valence-electron chi connectivity index (χ2n) is 5.80. The Bertz CT molecular complexity index is 728. The molecule has 0 spiro atoms. The molecule has 0 fully saturated rings. The van der Waals surface area contributed by atoms with Crippen molar-refractivity contribution in [1.82, 2.24) is 9.97 Å². The summed E-state index contributed by atoms with van der Waals surface area (Å²) >= 11 is 1.48. The molecule has 0 aliphatic rings. The van der Waals surface area contributed by atoms with E-state index in [2.05, 4.69) is 23.8 Å². The van der Waals surface area contributed by atoms with E-state index in [1.807, 2.05) is 6.92 Å². The first-order valence-electron chi connectivity index (χ1n) is 7.02. The lowest BCUT2D eigenvalue weighted by Crippen LogP contribution is -2.19. The molecule has 0 unspecified atom stereocenters. The molecule has 0 amide bonds. The van der Waals surface area contributed by atoms with E-state index in [9.17, 15) is 9.59 Å². The second-order valence-corrected chi connectivity index (χ2v) is 6.88. The number of H-pyrrole nitrogens is 1. The summed E-state index contributed by atoms with van der Waals surface area (Å²) in [5.41, 5.74) is 0.681. The zero-order valence-electron chi connectivity index (χ0n) is 12.9. The van der Waals surface area contributed by atoms with Gasteiger partial charge in [-0.05, 0) is 38.7 Å². The van der Waals surface area contributed by atoms with Crippen LogP contribution in [0.5, 0.6) is 0 Å². The lowest BCUT2D eigenvalue weighted by molar-refractivity contribution is 0.0363. The molecule has 0 aliphatic heterocycles. The highest BCUT2D eigenvalue weighted by atomic mass is 32.1. The van der Waals surface area contributed by atoms with Crippen molar-refractivity contribution in [2.24, 2.45) is 5.92 Å². The van der Waals surface area contributed by atoms with Gasteiger partial charge in [-0.2, -0.15) is 0 Å². The van der Waals surface area contributed by atoms with E-state index in [1.165, 1.54) is 11.3 Å². The van der Waals surface area contributed by atoms with Crippen molar-refractivity contribution >= 4 is 27.5 Å². The number of esters is 1. The van der Waals surface area contributed by atoms with Gasteiger partial charge in [0.2, 0.25) is 5.82 Å². The van der Waals surface area contributed by atoms with Crippen LogP contribution in [0.3, 0.4) is 0 Å². The van der Waals surface area contributed by atoms with Crippen molar-refractivity contribution in [1.29, 1.82) is 0 Å². The van der Waals surface area contributed by atoms with Crippen LogP contribution in [0.25, 0.3) is 10.2 Å². The molecule has 0 aliphatic carbocycles. The molecular formula is C15H20N2O3S. The number of nitrogens with one attached hydrogen (secondary N) is 1. The van der Waals surface area contributed by atoms with Crippen molar-refractivity contribution in [3.63, 3.8) is 0 Å². The zero-order chi connectivity index (χ0) is 15.7. The van der Waals surface area contributed by atoms with E-state index < -0.39 is 5.97 Å². The van der Waals surface area contributed by atoms with Crippen LogP contribution >= 0.6 is 11.3 Å². The van der Waals surface area contributed by atoms with Crippen molar-refractivity contribution < 1.29 is 9.53 Å². The summed E-state index contributed by atoms with van der Waals surface area (Å²) in [5, 5.41) is 0.580. The van der Waals surface area contributed by atoms with Gasteiger partial charge >= 0.3 is 5.97 Å². The number of hydrogen-bond acceptors (Lipinski definition) is 5. The van der Waals surface area contributed by atoms with Gasteiger partial charge in [-0.15, -0.1) is 11.3 Å². The summed E-state index contributed by atoms with van der Waals surface area (Å²) < 4.78 is 5.07. The number of nitrogens with zero attached hydrogens (tertiary/aromatic N) is 1. The number of aromatic amines is 1. The van der Waals surface area contributed by atoms with E-state index in [1.54, 1.807) is 13.8 Å². The number of carbonyl (C=O) groups excluding carboxylic acids is 1. The van der Waals surface area contributed by atoms with Crippen LogP contribution in [0.4, 0.5) is 0 Å². The molecule has 6 heteroatoms. The molecule has 0 saturated carbocycles. The topological polar surface area (TPSA) is 72.0 Å². The fourth-order valence-electron chi connectivity index (χ4n) is 2.12. The number of aromatic nitrogens is 2. The lowest BCUT2D eigenvalue weighted by atomic mass is 10.1. The molecule has 1 N–H and O–H groups in total. The predicted molar refractivity (Wildman–Crippen MR) is 84.1 cm³/mol. The van der Waals surface area contributed by atoms with Gasteiger partial charge in [0, 0.05) is 4.88 Å². The van der Waals surface area contributed by atoms with Gasteiger partial charge in [0.05, 0.1) is 11.5 Å². The first-order valence-corrected chi connectivity index (χ1v) is 7.84. The van der Waals surface area contributed by atoms with Crippen LogP contribution in [0, 0.1) is 12.8 Å². The van der Waals surface area contributed by atoms with E-state index >= 15 is 0 Å². The Hall–Kier alpha value is -1.69. The Morgan fingerprint density at radius 2 is 2.00 bits per heavy atom. The van der Waals surface area contributed by atoms with Gasteiger partial charge in [0.15, 0.2) is 0 Å². The Kier molecular flexibility index (Phi) is 4.46. The normalized spacial score (nSPS) is 11.6. The van der Waals surface area contributed by atoms with Crippen LogP contribution in [-0.2, 0) is 11.2 Å². The van der Waals surface area contributed by atoms with E-state index in [0.29, 0.717) is 16.1 Å². The van der Waals surface area contributed by atoms with Crippen LogP contribution in [0.1, 0.15) is 48.8 Å². The quantitative estimate of drug-likeness (QED) is 0.881. The molecular weight excluding hydrogens is 288 g/mol. The maximum Gasteiger partial charge on any atom is 0.374 e. The monoisotopic (exact) mass is 308 g/mol. The van der Waals surface area contributed by atoms with Crippen molar-refractivity contribution in [3.05, 3.63) is 26.6 Å². The smallest absolute Gasteiger partial charge is 0.374 e. The van der Waals surface area contributed by atoms with Crippen LogP contribution in [0.2, 0.25) is 0 Å². The van der Waals surface area contributed by atoms with Gasteiger partial charge in [0.25, 0.3) is 5.56 Å². The molecule has 0 saturated heterocycles. The minimum absolute atomic E-state index is 0.0291. The third-order valence-corrected chi connectivity index (χ3v) is 4.24. The molecule has 2 aromatic rings. The highest BCUT2D eigenvalue weighted by Crippen LogP contribution is 2.29. The number of rotatable bonds is 4. The number of carbonyl (C=O) groups is 1. The van der Waals surface area contributed by atoms with E-state index in [0.717, 1.165) is 16.9 Å². The standard InChI is InChI=1S/C15H20N2O3S/c1-7(2)6-10-9(5)11-13(18)16-12(17-14(11)21-10)15(19)20-8(3)4/h7-8H,6H2,1-5H3,(H,16,17,18). The van der Waals surface area contributed by atoms with Crippen molar-refractivity contribution in [2.75, 3.05) is 0 Å². The molecule has 0 aromatic carbocycles. The van der Waals surface area contributed by atoms with Crippen LogP contribution in [-0.4, -0.2) is 22.0 Å². The Labute approximate surface area is 127 Å². The number of thiophene rings is 1. The summed E-state index contributed by atoms with van der Waals surface area (Å²) in [7, 11) is 0. The summed E-state index contributed by atoms with van der Waals surface area (Å²) in [5.74, 6) is -0.125. The van der Waals surface area contributed by atoms with E-state index in [4.69, 9.17) is 4.74 Å². The SMILES string of the molecule is Cc1c(CC(C)C)sc2nc(C(=O)OC(C)C)[nH]c(=O)c12. The molecule has 0 atom stereocenters. The largest absolute Gasteiger partial charge is 0.457 e. The fourth-order valence-corrected chi connectivity index (χ4v) is 3.51. The van der Waals surface area contributed by atoms with Crippen LogP contribution < -0.4 is 5.56 Å². The third kappa shape index (κ3) is 3.32. The molecule has 0 radical (unpaired) electrons. The predicted octanol–water partition coefficient (Wildman–Crippen LogP) is 3.06. The average molecular weight is 308 g/mol. The minimum Gasteiger partial charge on any atom is -0.457 e. The van der Waals surface area contributed by atoms with Gasteiger partial charge in [-0.25, -0.2) is 9.78 Å². The minimum atomic E-state index is -0.597. The van der Waals surface area contributed by atoms with Gasteiger partial charge in [0.1, 0.15) is 4.83 Å². The highest BCUT2D eigenvalue weighted by molar-refractivity contribution is 7.18. The second kappa shape index (κ2) is 5.97. The third-order valence-electron chi connectivity index (χ3n) is 3.03. The van der Waals surface area contributed by atoms with Gasteiger partial charge in [-0.1, -0.05) is 13.8 Å². The lowest BCUT2D eigenvalue weighted by Gasteiger charge is -2.06. The highest BCUT2D eigenvalue weighted by Gasteiger charge is 2.19. The first kappa shape index (κ1) is 15.7. The molecule has 5 nitrogen and oxygen atoms in total. The average Bonchev–Trinajstić information content (AvgIpc) is 2.64. The summed E-state index contributed by atoms with van der Waals surface area (Å²) in [6.45, 7) is 9.70. The van der Waals surface area contributed by atoms with Crippen LogP contribution in [0.15, 0.2) is 4.79 Å².